The molecular weight excluding hydrogens is 330 g/mol. The van der Waals surface area contributed by atoms with Gasteiger partial charge in [-0.05, 0) is 25.1 Å². The number of halogens is 1. The van der Waals surface area contributed by atoms with Crippen molar-refractivity contribution in [3.63, 3.8) is 0 Å². The van der Waals surface area contributed by atoms with Gasteiger partial charge >= 0.3 is 0 Å². The molecule has 2 aromatic rings. The van der Waals surface area contributed by atoms with Gasteiger partial charge in [0, 0.05) is 43.0 Å². The van der Waals surface area contributed by atoms with Crippen LogP contribution in [0.15, 0.2) is 48.5 Å². The lowest BCUT2D eigenvalue weighted by atomic mass is 10.2. The first kappa shape index (κ1) is 19.7. The zero-order valence-electron chi connectivity index (χ0n) is 13.5. The third kappa shape index (κ3) is 6.06. The lowest BCUT2D eigenvalue weighted by molar-refractivity contribution is -0.384. The number of nitro benzene ring substituents is 1. The second kappa shape index (κ2) is 10.5. The summed E-state index contributed by atoms with van der Waals surface area (Å²) in [6.07, 6.45) is 0. The first-order valence-corrected chi connectivity index (χ1v) is 7.60. The monoisotopic (exact) mass is 351 g/mol. The van der Waals surface area contributed by atoms with Gasteiger partial charge in [-0.15, -0.1) is 12.4 Å². The topological polar surface area (TPSA) is 76.4 Å². The van der Waals surface area contributed by atoms with Crippen molar-refractivity contribution in [2.75, 3.05) is 25.0 Å². The van der Waals surface area contributed by atoms with Crippen molar-refractivity contribution in [1.29, 1.82) is 0 Å². The Labute approximate surface area is 147 Å². The van der Waals surface area contributed by atoms with Gasteiger partial charge in [-0.3, -0.25) is 10.1 Å². The van der Waals surface area contributed by atoms with E-state index < -0.39 is 4.92 Å². The average Bonchev–Trinajstić information content (AvgIpc) is 2.56. The van der Waals surface area contributed by atoms with Crippen molar-refractivity contribution in [2.45, 2.75) is 13.5 Å². The summed E-state index contributed by atoms with van der Waals surface area (Å²) in [5.74, 6) is 0.908. The summed E-state index contributed by atoms with van der Waals surface area (Å²) in [7, 11) is 0. The fourth-order valence-electron chi connectivity index (χ4n) is 2.17. The molecule has 0 radical (unpaired) electrons. The standard InChI is InChI=1S/C17H21N3O3.ClH/c1-2-23-17-6-4-3-5-14(17)13-18-11-12-19-15-7-9-16(10-8-15)20(21)22;/h3-10,18-19H,2,11-13H2,1H3;1H. The Kier molecular flexibility index (Phi) is 8.60. The summed E-state index contributed by atoms with van der Waals surface area (Å²) in [5, 5.41) is 17.2. The predicted molar refractivity (Wildman–Crippen MR) is 98.2 cm³/mol. The van der Waals surface area contributed by atoms with Gasteiger partial charge in [0.05, 0.1) is 11.5 Å². The van der Waals surface area contributed by atoms with Crippen molar-refractivity contribution >= 4 is 23.8 Å². The maximum absolute atomic E-state index is 10.6. The van der Waals surface area contributed by atoms with E-state index in [1.54, 1.807) is 12.1 Å². The predicted octanol–water partition coefficient (Wildman–Crippen LogP) is 3.62. The normalized spacial score (nSPS) is 9.88. The fraction of sp³-hybridized carbons (Fsp3) is 0.294. The molecule has 7 heteroatoms. The van der Waals surface area contributed by atoms with E-state index in [0.717, 1.165) is 36.6 Å². The molecule has 0 aliphatic carbocycles. The van der Waals surface area contributed by atoms with Crippen LogP contribution in [-0.2, 0) is 6.54 Å². The molecule has 2 aromatic carbocycles. The number of ether oxygens (including phenoxy) is 1. The fourth-order valence-corrected chi connectivity index (χ4v) is 2.17. The van der Waals surface area contributed by atoms with E-state index in [9.17, 15) is 10.1 Å². The van der Waals surface area contributed by atoms with E-state index in [2.05, 4.69) is 10.6 Å². The van der Waals surface area contributed by atoms with Crippen molar-refractivity contribution in [2.24, 2.45) is 0 Å². The van der Waals surface area contributed by atoms with Crippen molar-refractivity contribution in [1.82, 2.24) is 5.32 Å². The van der Waals surface area contributed by atoms with Gasteiger partial charge in [-0.1, -0.05) is 18.2 Å². The zero-order chi connectivity index (χ0) is 16.5. The lowest BCUT2D eigenvalue weighted by Gasteiger charge is -2.11. The molecule has 0 unspecified atom stereocenters. The summed E-state index contributed by atoms with van der Waals surface area (Å²) >= 11 is 0. The Morgan fingerprint density at radius 3 is 2.46 bits per heavy atom. The molecule has 0 aliphatic rings. The number of non-ortho nitro benzene ring substituents is 1. The van der Waals surface area contributed by atoms with E-state index in [1.165, 1.54) is 12.1 Å². The smallest absolute Gasteiger partial charge is 0.269 e. The number of nitro groups is 1. The van der Waals surface area contributed by atoms with Crippen LogP contribution in [0.3, 0.4) is 0 Å². The van der Waals surface area contributed by atoms with Gasteiger partial charge in [-0.2, -0.15) is 0 Å². The lowest BCUT2D eigenvalue weighted by Crippen LogP contribution is -2.22. The summed E-state index contributed by atoms with van der Waals surface area (Å²) in [6.45, 7) is 4.86. The Morgan fingerprint density at radius 1 is 1.08 bits per heavy atom. The molecule has 2 rings (SSSR count). The van der Waals surface area contributed by atoms with Gasteiger partial charge in [0.15, 0.2) is 0 Å². The van der Waals surface area contributed by atoms with Gasteiger partial charge in [0.2, 0.25) is 0 Å². The average molecular weight is 352 g/mol. The van der Waals surface area contributed by atoms with E-state index >= 15 is 0 Å². The molecule has 130 valence electrons. The van der Waals surface area contributed by atoms with Gasteiger partial charge in [0.25, 0.3) is 5.69 Å². The van der Waals surface area contributed by atoms with Crippen molar-refractivity contribution < 1.29 is 9.66 Å². The van der Waals surface area contributed by atoms with Crippen LogP contribution in [0, 0.1) is 10.1 Å². The van der Waals surface area contributed by atoms with Crippen LogP contribution in [-0.4, -0.2) is 24.6 Å². The Balaban J connectivity index is 0.00000288. The van der Waals surface area contributed by atoms with Gasteiger partial charge in [-0.25, -0.2) is 0 Å². The minimum absolute atomic E-state index is 0. The van der Waals surface area contributed by atoms with E-state index in [-0.39, 0.29) is 18.1 Å². The number of hydrogen-bond donors (Lipinski definition) is 2. The van der Waals surface area contributed by atoms with Gasteiger partial charge < -0.3 is 15.4 Å². The van der Waals surface area contributed by atoms with Crippen LogP contribution in [0.2, 0.25) is 0 Å². The number of hydrogen-bond acceptors (Lipinski definition) is 5. The van der Waals surface area contributed by atoms with Crippen molar-refractivity contribution in [3.8, 4) is 5.75 Å². The molecule has 6 nitrogen and oxygen atoms in total. The zero-order valence-corrected chi connectivity index (χ0v) is 14.3. The maximum Gasteiger partial charge on any atom is 0.269 e. The maximum atomic E-state index is 10.6. The molecular formula is C17H22ClN3O3. The molecule has 0 aromatic heterocycles. The molecule has 0 amide bonds. The second-order valence-electron chi connectivity index (χ2n) is 4.95. The Morgan fingerprint density at radius 2 is 1.79 bits per heavy atom. The molecule has 0 saturated carbocycles. The third-order valence-corrected chi connectivity index (χ3v) is 3.30. The van der Waals surface area contributed by atoms with Gasteiger partial charge in [0.1, 0.15) is 5.75 Å². The summed E-state index contributed by atoms with van der Waals surface area (Å²) in [5.41, 5.74) is 2.10. The molecule has 24 heavy (non-hydrogen) atoms. The highest BCUT2D eigenvalue weighted by atomic mass is 35.5. The highest BCUT2D eigenvalue weighted by Gasteiger charge is 2.04. The molecule has 0 saturated heterocycles. The molecule has 0 atom stereocenters. The van der Waals surface area contributed by atoms with Crippen molar-refractivity contribution in [3.05, 3.63) is 64.2 Å². The number of rotatable bonds is 9. The number of anilines is 1. The highest BCUT2D eigenvalue weighted by molar-refractivity contribution is 5.85. The molecule has 0 bridgehead atoms. The third-order valence-electron chi connectivity index (χ3n) is 3.30. The van der Waals surface area contributed by atoms with Crippen LogP contribution in [0.4, 0.5) is 11.4 Å². The largest absolute Gasteiger partial charge is 0.494 e. The van der Waals surface area contributed by atoms with Crippen LogP contribution in [0.1, 0.15) is 12.5 Å². The number of para-hydroxylation sites is 1. The number of nitrogens with one attached hydrogen (secondary N) is 2. The molecule has 0 aliphatic heterocycles. The molecule has 0 spiro atoms. The summed E-state index contributed by atoms with van der Waals surface area (Å²) in [6, 6.07) is 14.4. The highest BCUT2D eigenvalue weighted by Crippen LogP contribution is 2.17. The van der Waals surface area contributed by atoms with E-state index in [4.69, 9.17) is 4.74 Å². The van der Waals surface area contributed by atoms with Crippen LogP contribution in [0.5, 0.6) is 5.75 Å². The molecule has 0 fully saturated rings. The van der Waals surface area contributed by atoms with Crippen LogP contribution in [0.25, 0.3) is 0 Å². The molecule has 0 heterocycles. The second-order valence-corrected chi connectivity index (χ2v) is 4.95. The minimum atomic E-state index is -0.402. The van der Waals surface area contributed by atoms with Crippen LogP contribution < -0.4 is 15.4 Å². The van der Waals surface area contributed by atoms with Crippen LogP contribution >= 0.6 is 12.4 Å². The first-order chi connectivity index (χ1) is 11.2. The van der Waals surface area contributed by atoms with E-state index in [0.29, 0.717) is 6.61 Å². The molecule has 2 N–H and O–H groups in total. The SMILES string of the molecule is CCOc1ccccc1CNCCNc1ccc([N+](=O)[O-])cc1.Cl. The Hall–Kier alpha value is -2.31. The quantitative estimate of drug-likeness (QED) is 0.410. The minimum Gasteiger partial charge on any atom is -0.494 e. The first-order valence-electron chi connectivity index (χ1n) is 7.60. The Bertz CT molecular complexity index is 635. The summed E-state index contributed by atoms with van der Waals surface area (Å²) < 4.78 is 5.58. The number of benzene rings is 2. The number of nitrogens with zero attached hydrogens (tertiary/aromatic N) is 1. The summed E-state index contributed by atoms with van der Waals surface area (Å²) in [4.78, 5) is 10.2. The van der Waals surface area contributed by atoms with E-state index in [1.807, 2.05) is 31.2 Å².